The fourth-order valence-electron chi connectivity index (χ4n) is 4.13. The summed E-state index contributed by atoms with van der Waals surface area (Å²) in [7, 11) is 0. The average molecular weight is 395 g/mol. The molecule has 2 aromatic carbocycles. The summed E-state index contributed by atoms with van der Waals surface area (Å²) in [4.78, 5) is 18.8. The number of amides is 1. The predicted octanol–water partition coefficient (Wildman–Crippen LogP) is 3.57. The fraction of sp³-hybridized carbons (Fsp3) is 0.391. The summed E-state index contributed by atoms with van der Waals surface area (Å²) >= 11 is 1.83. The highest BCUT2D eigenvalue weighted by atomic mass is 32.1. The molecule has 2 heterocycles. The molecule has 0 saturated carbocycles. The van der Waals surface area contributed by atoms with Crippen molar-refractivity contribution in [3.05, 3.63) is 58.6 Å². The van der Waals surface area contributed by atoms with Crippen molar-refractivity contribution < 1.29 is 9.69 Å². The van der Waals surface area contributed by atoms with Crippen molar-refractivity contribution in [2.75, 3.05) is 25.0 Å². The Balaban J connectivity index is 1.33. The number of para-hydroxylation sites is 2. The van der Waals surface area contributed by atoms with E-state index in [0.29, 0.717) is 12.5 Å². The Kier molecular flexibility index (Phi) is 5.74. The van der Waals surface area contributed by atoms with Crippen LogP contribution in [0.1, 0.15) is 41.8 Å². The Morgan fingerprint density at radius 3 is 2.71 bits per heavy atom. The summed E-state index contributed by atoms with van der Waals surface area (Å²) in [6.07, 6.45) is 3.14. The molecule has 0 aliphatic carbocycles. The second kappa shape index (κ2) is 8.41. The van der Waals surface area contributed by atoms with E-state index < -0.39 is 0 Å². The summed E-state index contributed by atoms with van der Waals surface area (Å²) < 4.78 is 1.27. The van der Waals surface area contributed by atoms with E-state index in [2.05, 4.69) is 61.6 Å². The number of piperidine rings is 1. The number of likely N-dealkylation sites (tertiary alicyclic amines) is 1. The zero-order chi connectivity index (χ0) is 19.5. The molecule has 0 bridgehead atoms. The number of benzene rings is 2. The van der Waals surface area contributed by atoms with E-state index in [1.807, 2.05) is 11.3 Å². The van der Waals surface area contributed by atoms with Crippen LogP contribution in [0.5, 0.6) is 0 Å². The number of fused-ring (bicyclic) bond motifs is 1. The lowest BCUT2D eigenvalue weighted by Gasteiger charge is -2.28. The molecule has 3 aromatic rings. The van der Waals surface area contributed by atoms with Crippen LogP contribution >= 0.6 is 11.3 Å². The molecule has 0 radical (unpaired) electrons. The monoisotopic (exact) mass is 394 g/mol. The summed E-state index contributed by atoms with van der Waals surface area (Å²) in [5.41, 5.74) is 4.45. The summed E-state index contributed by atoms with van der Waals surface area (Å²) in [6, 6.07) is 14.6. The Labute approximate surface area is 170 Å². The van der Waals surface area contributed by atoms with Gasteiger partial charge in [0.15, 0.2) is 6.54 Å². The van der Waals surface area contributed by atoms with E-state index in [4.69, 9.17) is 4.98 Å². The van der Waals surface area contributed by atoms with Crippen LogP contribution in [0.3, 0.4) is 0 Å². The number of carbonyl (C=O) groups excluding carboxylic acids is 1. The van der Waals surface area contributed by atoms with Crippen LogP contribution < -0.4 is 10.2 Å². The van der Waals surface area contributed by atoms with Crippen molar-refractivity contribution in [1.29, 1.82) is 0 Å². The lowest BCUT2D eigenvalue weighted by atomic mass is 9.97. The molecule has 1 aromatic heterocycles. The van der Waals surface area contributed by atoms with Crippen molar-refractivity contribution in [2.24, 2.45) is 0 Å². The highest BCUT2D eigenvalue weighted by Gasteiger charge is 2.27. The van der Waals surface area contributed by atoms with Gasteiger partial charge in [0.05, 0.1) is 28.3 Å². The minimum atomic E-state index is 0.123. The second-order valence-electron chi connectivity index (χ2n) is 7.73. The Hall–Kier alpha value is -2.24. The first kappa shape index (κ1) is 19.1. The van der Waals surface area contributed by atoms with Gasteiger partial charge < -0.3 is 10.2 Å². The third-order valence-corrected chi connectivity index (χ3v) is 6.97. The number of rotatable bonds is 5. The molecule has 1 aliphatic heterocycles. The van der Waals surface area contributed by atoms with Crippen molar-refractivity contribution in [3.8, 4) is 0 Å². The quantitative estimate of drug-likeness (QED) is 0.695. The SMILES string of the molecule is CCc1cccc(C)c1NC(=O)C[NH+]1CCC(c2nc3ccccc3s2)CC1. The summed E-state index contributed by atoms with van der Waals surface area (Å²) in [5, 5.41) is 4.43. The lowest BCUT2D eigenvalue weighted by molar-refractivity contribution is -0.897. The zero-order valence-corrected chi connectivity index (χ0v) is 17.4. The van der Waals surface area contributed by atoms with Gasteiger partial charge in [0.1, 0.15) is 0 Å². The molecule has 1 amide bonds. The number of anilines is 1. The van der Waals surface area contributed by atoms with Gasteiger partial charge in [0.2, 0.25) is 0 Å². The molecule has 2 N–H and O–H groups in total. The van der Waals surface area contributed by atoms with E-state index in [0.717, 1.165) is 49.1 Å². The maximum Gasteiger partial charge on any atom is 0.279 e. The van der Waals surface area contributed by atoms with Crippen molar-refractivity contribution in [1.82, 2.24) is 4.98 Å². The normalized spacial score (nSPS) is 19.6. The molecule has 4 nitrogen and oxygen atoms in total. The molecular formula is C23H28N3OS+. The standard InChI is InChI=1S/C23H27N3OS/c1-3-17-8-6-7-16(2)22(17)25-21(27)15-26-13-11-18(12-14-26)23-24-19-9-4-5-10-20(19)28-23/h4-10,18H,3,11-15H2,1-2H3,(H,25,27)/p+1. The second-order valence-corrected chi connectivity index (χ2v) is 8.79. The number of aromatic nitrogens is 1. The summed E-state index contributed by atoms with van der Waals surface area (Å²) in [6.45, 7) is 6.79. The Morgan fingerprint density at radius 1 is 1.18 bits per heavy atom. The van der Waals surface area contributed by atoms with E-state index in [-0.39, 0.29) is 5.91 Å². The zero-order valence-electron chi connectivity index (χ0n) is 16.6. The van der Waals surface area contributed by atoms with Gasteiger partial charge in [-0.15, -0.1) is 11.3 Å². The van der Waals surface area contributed by atoms with Crippen LogP contribution in [-0.4, -0.2) is 30.5 Å². The largest absolute Gasteiger partial charge is 0.327 e. The highest BCUT2D eigenvalue weighted by molar-refractivity contribution is 7.18. The fourth-order valence-corrected chi connectivity index (χ4v) is 5.26. The van der Waals surface area contributed by atoms with Gasteiger partial charge in [-0.1, -0.05) is 37.3 Å². The van der Waals surface area contributed by atoms with Crippen molar-refractivity contribution >= 4 is 33.1 Å². The van der Waals surface area contributed by atoms with E-state index >= 15 is 0 Å². The van der Waals surface area contributed by atoms with Crippen LogP contribution in [-0.2, 0) is 11.2 Å². The first-order valence-corrected chi connectivity index (χ1v) is 11.0. The first-order valence-electron chi connectivity index (χ1n) is 10.2. The Morgan fingerprint density at radius 2 is 1.96 bits per heavy atom. The lowest BCUT2D eigenvalue weighted by Crippen LogP contribution is -3.14. The molecule has 1 saturated heterocycles. The van der Waals surface area contributed by atoms with E-state index in [1.165, 1.54) is 20.2 Å². The van der Waals surface area contributed by atoms with Crippen molar-refractivity contribution in [2.45, 2.75) is 39.0 Å². The number of quaternary nitrogens is 1. The van der Waals surface area contributed by atoms with Crippen LogP contribution in [0.4, 0.5) is 5.69 Å². The van der Waals surface area contributed by atoms with Gasteiger partial charge in [-0.2, -0.15) is 0 Å². The smallest absolute Gasteiger partial charge is 0.279 e. The van der Waals surface area contributed by atoms with Crippen molar-refractivity contribution in [3.63, 3.8) is 0 Å². The third-order valence-electron chi connectivity index (χ3n) is 5.77. The maximum absolute atomic E-state index is 12.6. The molecule has 1 fully saturated rings. The molecule has 0 spiro atoms. The van der Waals surface area contributed by atoms with E-state index in [1.54, 1.807) is 0 Å². The predicted molar refractivity (Wildman–Crippen MR) is 116 cm³/mol. The van der Waals surface area contributed by atoms with Gasteiger partial charge in [-0.05, 0) is 36.6 Å². The van der Waals surface area contributed by atoms with Gasteiger partial charge in [-0.25, -0.2) is 4.98 Å². The summed E-state index contributed by atoms with van der Waals surface area (Å²) in [5.74, 6) is 0.657. The number of nitrogens with zero attached hydrogens (tertiary/aromatic N) is 1. The molecule has 5 heteroatoms. The van der Waals surface area contributed by atoms with Crippen LogP contribution in [0.25, 0.3) is 10.2 Å². The molecular weight excluding hydrogens is 366 g/mol. The number of thiazole rings is 1. The minimum Gasteiger partial charge on any atom is -0.327 e. The number of hydrogen-bond donors (Lipinski definition) is 2. The van der Waals surface area contributed by atoms with Gasteiger partial charge in [0.25, 0.3) is 5.91 Å². The first-order chi connectivity index (χ1) is 13.6. The van der Waals surface area contributed by atoms with Crippen LogP contribution in [0, 0.1) is 6.92 Å². The average Bonchev–Trinajstić information content (AvgIpc) is 3.14. The van der Waals surface area contributed by atoms with Gasteiger partial charge in [-0.3, -0.25) is 4.79 Å². The van der Waals surface area contributed by atoms with Gasteiger partial charge >= 0.3 is 0 Å². The maximum atomic E-state index is 12.6. The highest BCUT2D eigenvalue weighted by Crippen LogP contribution is 2.31. The van der Waals surface area contributed by atoms with Crippen LogP contribution in [0.2, 0.25) is 0 Å². The molecule has 28 heavy (non-hydrogen) atoms. The molecule has 0 atom stereocenters. The molecule has 4 rings (SSSR count). The third kappa shape index (κ3) is 4.10. The number of carbonyl (C=O) groups is 1. The van der Waals surface area contributed by atoms with E-state index in [9.17, 15) is 4.79 Å². The number of hydrogen-bond acceptors (Lipinski definition) is 3. The van der Waals surface area contributed by atoms with Crippen LogP contribution in [0.15, 0.2) is 42.5 Å². The minimum absolute atomic E-state index is 0.123. The number of aryl methyl sites for hydroxylation is 2. The molecule has 1 aliphatic rings. The molecule has 0 unspecified atom stereocenters. The Bertz CT molecular complexity index is 940. The molecule has 146 valence electrons. The van der Waals surface area contributed by atoms with Gasteiger partial charge in [0, 0.05) is 24.4 Å². The number of nitrogens with one attached hydrogen (secondary N) is 2. The topological polar surface area (TPSA) is 46.4 Å².